The van der Waals surface area contributed by atoms with E-state index >= 15 is 0 Å². The van der Waals surface area contributed by atoms with Crippen LogP contribution in [0.2, 0.25) is 0 Å². The van der Waals surface area contributed by atoms with Crippen LogP contribution in [-0.4, -0.2) is 26.3 Å². The fourth-order valence-corrected chi connectivity index (χ4v) is 3.91. The first-order valence-corrected chi connectivity index (χ1v) is 9.00. The Hall–Kier alpha value is -1.97. The predicted molar refractivity (Wildman–Crippen MR) is 83.1 cm³/mol. The molecule has 2 unspecified atom stereocenters. The van der Waals surface area contributed by atoms with Crippen molar-refractivity contribution in [2.75, 3.05) is 0 Å². The van der Waals surface area contributed by atoms with Gasteiger partial charge in [0.25, 0.3) is 0 Å². The lowest BCUT2D eigenvalue weighted by Crippen LogP contribution is -2.38. The van der Waals surface area contributed by atoms with Crippen molar-refractivity contribution in [2.45, 2.75) is 44.8 Å². The number of carbonyl (C=O) groups excluding carboxylic acids is 1. The Kier molecular flexibility index (Phi) is 4.81. The first-order valence-electron chi connectivity index (χ1n) is 7.85. The molecule has 1 aromatic heterocycles. The van der Waals surface area contributed by atoms with Crippen LogP contribution >= 0.6 is 0 Å². The molecule has 1 fully saturated rings. The molecule has 1 amide bonds. The Bertz CT molecular complexity index is 766. The maximum absolute atomic E-state index is 12.7. The molecule has 1 saturated carbocycles. The van der Waals surface area contributed by atoms with Crippen molar-refractivity contribution < 1.29 is 26.7 Å². The number of alkyl halides is 3. The maximum Gasteiger partial charge on any atom is 0.471 e. The molecule has 3 rings (SSSR count). The first-order chi connectivity index (χ1) is 11.8. The molecule has 0 bridgehead atoms. The van der Waals surface area contributed by atoms with Crippen molar-refractivity contribution in [1.29, 1.82) is 0 Å². The molecule has 2 heterocycles. The second-order valence-electron chi connectivity index (χ2n) is 5.92. The maximum atomic E-state index is 12.7. The van der Waals surface area contributed by atoms with Crippen molar-refractivity contribution in [3.05, 3.63) is 28.8 Å². The van der Waals surface area contributed by atoms with Crippen molar-refractivity contribution in [3.8, 4) is 0 Å². The summed E-state index contributed by atoms with van der Waals surface area (Å²) in [6.45, 7) is 1.88. The molecule has 10 heteroatoms. The summed E-state index contributed by atoms with van der Waals surface area (Å²) in [7, 11) is -1.74. The minimum Gasteiger partial charge on any atom is -0.348 e. The lowest BCUT2D eigenvalue weighted by Gasteiger charge is -2.19. The van der Waals surface area contributed by atoms with Crippen LogP contribution in [0.5, 0.6) is 0 Å². The van der Waals surface area contributed by atoms with Gasteiger partial charge in [0, 0.05) is 11.3 Å². The molecule has 1 N–H and O–H groups in total. The lowest BCUT2D eigenvalue weighted by molar-refractivity contribution is -0.159. The molecule has 1 aromatic rings. The molecule has 1 aliphatic heterocycles. The summed E-state index contributed by atoms with van der Waals surface area (Å²) in [4.78, 5) is 15.7. The molecule has 136 valence electrons. The number of halogens is 3. The molecule has 1 aliphatic carbocycles. The average molecular weight is 375 g/mol. The zero-order chi connectivity index (χ0) is 18.2. The van der Waals surface area contributed by atoms with Crippen LogP contribution in [0.1, 0.15) is 44.3 Å². The van der Waals surface area contributed by atoms with Gasteiger partial charge in [0.1, 0.15) is 0 Å². The summed E-state index contributed by atoms with van der Waals surface area (Å²) in [5.41, 5.74) is 0. The van der Waals surface area contributed by atoms with E-state index in [1.54, 1.807) is 6.08 Å². The highest BCUT2D eigenvalue weighted by Gasteiger charge is 2.41. The molecule has 2 aliphatic rings. The largest absolute Gasteiger partial charge is 0.471 e. The third-order valence-corrected chi connectivity index (χ3v) is 5.43. The van der Waals surface area contributed by atoms with E-state index in [0.29, 0.717) is 17.7 Å². The Balaban J connectivity index is 1.75. The standard InChI is InChI=1S/C15H16F3N3O3S/c1-2-3-11(22)19-12(8-4-5-8)9-6-7-10(25(9)23)13-20-14(24-21-13)15(16,17)18/h6-8,12H,2-5H2,1H3,(H,19,22). The molecule has 0 saturated heterocycles. The molecule has 2 atom stereocenters. The van der Waals surface area contributed by atoms with Gasteiger partial charge in [-0.25, -0.2) is 4.21 Å². The summed E-state index contributed by atoms with van der Waals surface area (Å²) in [6, 6.07) is -0.386. The van der Waals surface area contributed by atoms with E-state index < -0.39 is 22.9 Å². The van der Waals surface area contributed by atoms with Crippen molar-refractivity contribution in [2.24, 2.45) is 5.92 Å². The number of hydrogen-bond acceptors (Lipinski definition) is 5. The van der Waals surface area contributed by atoms with E-state index in [4.69, 9.17) is 0 Å². The fourth-order valence-electron chi connectivity index (χ4n) is 2.55. The van der Waals surface area contributed by atoms with Crippen LogP contribution in [0.3, 0.4) is 0 Å². The first kappa shape index (κ1) is 17.8. The summed E-state index contributed by atoms with van der Waals surface area (Å²) in [6.07, 6.45) is 1.08. The highest BCUT2D eigenvalue weighted by molar-refractivity contribution is 7.98. The zero-order valence-corrected chi connectivity index (χ0v) is 14.1. The SMILES string of the molecule is CCCC(=O)NC(C1=CC=C(c2noc(C(F)(F)F)n2)S1=O)C1CC1. The number of hydrogen-bond donors (Lipinski definition) is 1. The third kappa shape index (κ3) is 3.83. The molecule has 0 spiro atoms. The number of rotatable bonds is 6. The highest BCUT2D eigenvalue weighted by Crippen LogP contribution is 2.40. The molecule has 0 aromatic carbocycles. The van der Waals surface area contributed by atoms with Gasteiger partial charge in [0.05, 0.1) is 21.7 Å². The van der Waals surface area contributed by atoms with Crippen LogP contribution in [0.25, 0.3) is 4.91 Å². The molecule has 0 radical (unpaired) electrons. The fraction of sp³-hybridized carbons (Fsp3) is 0.533. The van der Waals surface area contributed by atoms with Gasteiger partial charge in [-0.15, -0.1) is 0 Å². The van der Waals surface area contributed by atoms with E-state index in [0.717, 1.165) is 12.8 Å². The van der Waals surface area contributed by atoms with Crippen LogP contribution in [-0.2, 0) is 21.8 Å². The van der Waals surface area contributed by atoms with E-state index in [1.165, 1.54) is 6.08 Å². The van der Waals surface area contributed by atoms with Gasteiger partial charge < -0.3 is 9.84 Å². The zero-order valence-electron chi connectivity index (χ0n) is 13.3. The average Bonchev–Trinajstić information content (AvgIpc) is 3.11. The normalized spacial score (nSPS) is 21.7. The summed E-state index contributed by atoms with van der Waals surface area (Å²) >= 11 is 0. The quantitative estimate of drug-likeness (QED) is 0.826. The summed E-state index contributed by atoms with van der Waals surface area (Å²) < 4.78 is 54.6. The lowest BCUT2D eigenvalue weighted by atomic mass is 10.1. The Morgan fingerprint density at radius 1 is 1.44 bits per heavy atom. The van der Waals surface area contributed by atoms with Crippen LogP contribution in [0.4, 0.5) is 13.2 Å². The van der Waals surface area contributed by atoms with Gasteiger partial charge in [0.2, 0.25) is 11.7 Å². The third-order valence-electron chi connectivity index (χ3n) is 3.90. The van der Waals surface area contributed by atoms with Crippen LogP contribution < -0.4 is 5.32 Å². The van der Waals surface area contributed by atoms with E-state index in [2.05, 4.69) is 20.0 Å². The summed E-state index contributed by atoms with van der Waals surface area (Å²) in [5.74, 6) is -1.78. The molecule has 6 nitrogen and oxygen atoms in total. The number of aromatic nitrogens is 2. The summed E-state index contributed by atoms with van der Waals surface area (Å²) in [5, 5.41) is 6.15. The Morgan fingerprint density at radius 2 is 2.16 bits per heavy atom. The highest BCUT2D eigenvalue weighted by atomic mass is 32.2. The van der Waals surface area contributed by atoms with Crippen molar-refractivity contribution in [3.63, 3.8) is 0 Å². The van der Waals surface area contributed by atoms with E-state index in [9.17, 15) is 22.2 Å². The van der Waals surface area contributed by atoms with Crippen LogP contribution in [0.15, 0.2) is 21.6 Å². The monoisotopic (exact) mass is 375 g/mol. The van der Waals surface area contributed by atoms with E-state index in [-0.39, 0.29) is 28.6 Å². The van der Waals surface area contributed by atoms with Gasteiger partial charge >= 0.3 is 12.1 Å². The minimum absolute atomic E-state index is 0.0460. The van der Waals surface area contributed by atoms with Gasteiger partial charge in [-0.3, -0.25) is 4.79 Å². The minimum atomic E-state index is -4.76. The molecule has 25 heavy (non-hydrogen) atoms. The van der Waals surface area contributed by atoms with Gasteiger partial charge in [-0.2, -0.15) is 18.2 Å². The van der Waals surface area contributed by atoms with Crippen molar-refractivity contribution >= 4 is 21.6 Å². The number of allylic oxidation sites excluding steroid dienone is 2. The predicted octanol–water partition coefficient (Wildman–Crippen LogP) is 2.77. The topological polar surface area (TPSA) is 85.1 Å². The molecular formula is C15H16F3N3O3S. The molecular weight excluding hydrogens is 359 g/mol. The second kappa shape index (κ2) is 6.74. The second-order valence-corrected chi connectivity index (χ2v) is 7.37. The van der Waals surface area contributed by atoms with Crippen molar-refractivity contribution in [1.82, 2.24) is 15.5 Å². The van der Waals surface area contributed by atoms with Gasteiger partial charge in [-0.05, 0) is 37.3 Å². The number of nitrogens with zero attached hydrogens (tertiary/aromatic N) is 2. The number of nitrogens with one attached hydrogen (secondary N) is 1. The number of carbonyl (C=O) groups is 1. The Morgan fingerprint density at radius 3 is 2.72 bits per heavy atom. The smallest absolute Gasteiger partial charge is 0.348 e. The van der Waals surface area contributed by atoms with E-state index in [1.807, 2.05) is 6.92 Å². The van der Waals surface area contributed by atoms with Crippen LogP contribution in [0, 0.1) is 5.92 Å². The van der Waals surface area contributed by atoms with Gasteiger partial charge in [0.15, 0.2) is 0 Å². The van der Waals surface area contributed by atoms with Gasteiger partial charge in [-0.1, -0.05) is 12.1 Å². The number of amides is 1. The Labute approximate surface area is 144 Å².